The molecule has 0 aliphatic rings. The Labute approximate surface area is 161 Å². The largest absolute Gasteiger partial charge is 0.493 e. The van der Waals surface area contributed by atoms with Crippen LogP contribution in [-0.2, 0) is 6.54 Å². The number of aryl methyl sites for hydroxylation is 1. The second kappa shape index (κ2) is 7.19. The van der Waals surface area contributed by atoms with Gasteiger partial charge in [0.05, 0.1) is 19.7 Å². The molecule has 0 saturated heterocycles. The van der Waals surface area contributed by atoms with Crippen molar-refractivity contribution < 1.29 is 14.0 Å². The molecule has 0 atom stereocenters. The molecule has 2 heterocycles. The Morgan fingerprint density at radius 3 is 2.61 bits per heavy atom. The molecule has 0 aliphatic heterocycles. The van der Waals surface area contributed by atoms with Gasteiger partial charge in [-0.1, -0.05) is 17.3 Å². The van der Waals surface area contributed by atoms with Crippen molar-refractivity contribution >= 4 is 10.9 Å². The van der Waals surface area contributed by atoms with E-state index in [1.807, 2.05) is 29.7 Å². The van der Waals surface area contributed by atoms with Gasteiger partial charge in [0.15, 0.2) is 11.5 Å². The summed E-state index contributed by atoms with van der Waals surface area (Å²) in [6, 6.07) is 12.8. The molecule has 142 valence electrons. The number of methoxy groups -OCH3 is 2. The lowest BCUT2D eigenvalue weighted by Gasteiger charge is -2.09. The highest BCUT2D eigenvalue weighted by Gasteiger charge is 2.17. The number of pyridine rings is 1. The van der Waals surface area contributed by atoms with Crippen LogP contribution in [0.25, 0.3) is 33.7 Å². The fourth-order valence-electron chi connectivity index (χ4n) is 3.18. The topological polar surface area (TPSA) is 79.4 Å². The van der Waals surface area contributed by atoms with Crippen molar-refractivity contribution in [3.63, 3.8) is 0 Å². The van der Waals surface area contributed by atoms with Crippen LogP contribution in [0.15, 0.2) is 58.0 Å². The van der Waals surface area contributed by atoms with Gasteiger partial charge in [0.1, 0.15) is 5.56 Å². The van der Waals surface area contributed by atoms with Crippen LogP contribution >= 0.6 is 0 Å². The summed E-state index contributed by atoms with van der Waals surface area (Å²) in [6.07, 6.45) is 1.76. The highest BCUT2D eigenvalue weighted by Crippen LogP contribution is 2.32. The first-order valence-electron chi connectivity index (χ1n) is 8.85. The maximum atomic E-state index is 12.9. The molecule has 0 bridgehead atoms. The first-order valence-corrected chi connectivity index (χ1v) is 8.85. The van der Waals surface area contributed by atoms with E-state index in [9.17, 15) is 4.79 Å². The number of rotatable bonds is 5. The summed E-state index contributed by atoms with van der Waals surface area (Å²) in [4.78, 5) is 17.4. The quantitative estimate of drug-likeness (QED) is 0.527. The number of benzene rings is 2. The van der Waals surface area contributed by atoms with Gasteiger partial charge >= 0.3 is 0 Å². The Bertz CT molecular complexity index is 1210. The van der Waals surface area contributed by atoms with Crippen LogP contribution < -0.4 is 14.9 Å². The molecule has 2 aromatic carbocycles. The number of hydrogen-bond acceptors (Lipinski definition) is 6. The van der Waals surface area contributed by atoms with Gasteiger partial charge in [-0.15, -0.1) is 0 Å². The van der Waals surface area contributed by atoms with E-state index >= 15 is 0 Å². The summed E-state index contributed by atoms with van der Waals surface area (Å²) in [5.74, 6) is 1.72. The Kier molecular flexibility index (Phi) is 4.57. The average molecular weight is 377 g/mol. The molecule has 4 aromatic rings. The van der Waals surface area contributed by atoms with E-state index in [4.69, 9.17) is 14.0 Å². The van der Waals surface area contributed by atoms with Gasteiger partial charge in [-0.05, 0) is 37.3 Å². The molecular formula is C21H19N3O4. The minimum atomic E-state index is -0.136. The third-order valence-electron chi connectivity index (χ3n) is 4.63. The van der Waals surface area contributed by atoms with Gasteiger partial charge in [0.2, 0.25) is 11.3 Å². The number of hydrogen-bond donors (Lipinski definition) is 0. The highest BCUT2D eigenvalue weighted by atomic mass is 16.5. The number of para-hydroxylation sites is 1. The SMILES string of the molecule is CCn1cc(-c2nc(-c3ccc(OC)c(OC)c3)no2)c(=O)c2ccccc21. The summed E-state index contributed by atoms with van der Waals surface area (Å²) in [5, 5.41) is 4.66. The molecule has 0 radical (unpaired) electrons. The zero-order valence-corrected chi connectivity index (χ0v) is 15.8. The smallest absolute Gasteiger partial charge is 0.263 e. The lowest BCUT2D eigenvalue weighted by atomic mass is 10.1. The molecule has 2 aromatic heterocycles. The molecule has 0 fully saturated rings. The molecule has 28 heavy (non-hydrogen) atoms. The number of ether oxygens (including phenoxy) is 2. The normalized spacial score (nSPS) is 11.0. The van der Waals surface area contributed by atoms with E-state index in [0.29, 0.717) is 40.4 Å². The Balaban J connectivity index is 1.82. The van der Waals surface area contributed by atoms with Crippen molar-refractivity contribution in [3.8, 4) is 34.3 Å². The van der Waals surface area contributed by atoms with Crippen molar-refractivity contribution in [2.45, 2.75) is 13.5 Å². The van der Waals surface area contributed by atoms with Gasteiger partial charge < -0.3 is 18.6 Å². The molecule has 0 unspecified atom stereocenters. The van der Waals surface area contributed by atoms with Crippen LogP contribution in [0.4, 0.5) is 0 Å². The molecule has 7 nitrogen and oxygen atoms in total. The summed E-state index contributed by atoms with van der Waals surface area (Å²) in [5.41, 5.74) is 1.81. The summed E-state index contributed by atoms with van der Waals surface area (Å²) >= 11 is 0. The molecule has 0 N–H and O–H groups in total. The first kappa shape index (κ1) is 17.8. The fraction of sp³-hybridized carbons (Fsp3) is 0.190. The monoisotopic (exact) mass is 377 g/mol. The van der Waals surface area contributed by atoms with Crippen molar-refractivity contribution in [2.24, 2.45) is 0 Å². The van der Waals surface area contributed by atoms with E-state index < -0.39 is 0 Å². The fourth-order valence-corrected chi connectivity index (χ4v) is 3.18. The average Bonchev–Trinajstić information content (AvgIpc) is 3.23. The van der Waals surface area contributed by atoms with Crippen molar-refractivity contribution in [2.75, 3.05) is 14.2 Å². The second-order valence-corrected chi connectivity index (χ2v) is 6.17. The summed E-state index contributed by atoms with van der Waals surface area (Å²) in [7, 11) is 3.13. The molecule has 0 spiro atoms. The second-order valence-electron chi connectivity index (χ2n) is 6.17. The lowest BCUT2D eigenvalue weighted by Crippen LogP contribution is -2.11. The highest BCUT2D eigenvalue weighted by molar-refractivity contribution is 5.82. The van der Waals surface area contributed by atoms with Crippen LogP contribution in [0.3, 0.4) is 0 Å². The maximum Gasteiger partial charge on any atom is 0.263 e. The minimum absolute atomic E-state index is 0.136. The number of fused-ring (bicyclic) bond motifs is 1. The van der Waals surface area contributed by atoms with Gasteiger partial charge in [0.25, 0.3) is 5.89 Å². The van der Waals surface area contributed by atoms with E-state index in [1.165, 1.54) is 0 Å². The minimum Gasteiger partial charge on any atom is -0.493 e. The predicted molar refractivity (Wildman–Crippen MR) is 106 cm³/mol. The molecule has 0 saturated carbocycles. The third-order valence-corrected chi connectivity index (χ3v) is 4.63. The van der Waals surface area contributed by atoms with E-state index in [2.05, 4.69) is 10.1 Å². The predicted octanol–water partition coefficient (Wildman–Crippen LogP) is 3.76. The van der Waals surface area contributed by atoms with Crippen molar-refractivity contribution in [1.29, 1.82) is 0 Å². The molecule has 0 aliphatic carbocycles. The summed E-state index contributed by atoms with van der Waals surface area (Å²) < 4.78 is 18.0. The number of nitrogens with zero attached hydrogens (tertiary/aromatic N) is 3. The van der Waals surface area contributed by atoms with Crippen molar-refractivity contribution in [3.05, 3.63) is 58.9 Å². The van der Waals surface area contributed by atoms with Gasteiger partial charge in [-0.3, -0.25) is 4.79 Å². The van der Waals surface area contributed by atoms with E-state index in [0.717, 1.165) is 5.52 Å². The first-order chi connectivity index (χ1) is 13.7. The zero-order valence-electron chi connectivity index (χ0n) is 15.8. The maximum absolute atomic E-state index is 12.9. The Morgan fingerprint density at radius 1 is 1.07 bits per heavy atom. The molecule has 0 amide bonds. The Morgan fingerprint density at radius 2 is 1.86 bits per heavy atom. The zero-order chi connectivity index (χ0) is 19.7. The van der Waals surface area contributed by atoms with Crippen molar-refractivity contribution in [1.82, 2.24) is 14.7 Å². The van der Waals surface area contributed by atoms with Crippen LogP contribution in [0.5, 0.6) is 11.5 Å². The lowest BCUT2D eigenvalue weighted by molar-refractivity contribution is 0.355. The van der Waals surface area contributed by atoms with Gasteiger partial charge in [-0.2, -0.15) is 4.98 Å². The molecule has 7 heteroatoms. The van der Waals surface area contributed by atoms with Gasteiger partial charge in [-0.25, -0.2) is 0 Å². The number of aromatic nitrogens is 3. The standard InChI is InChI=1S/C21H19N3O4/c1-4-24-12-15(19(25)14-7-5-6-8-16(14)24)21-22-20(23-28-21)13-9-10-17(26-2)18(11-13)27-3/h5-12H,4H2,1-3H3. The van der Waals surface area contributed by atoms with E-state index in [1.54, 1.807) is 44.7 Å². The van der Waals surface area contributed by atoms with Crippen LogP contribution in [0.2, 0.25) is 0 Å². The van der Waals surface area contributed by atoms with Crippen LogP contribution in [0.1, 0.15) is 6.92 Å². The molecular weight excluding hydrogens is 358 g/mol. The van der Waals surface area contributed by atoms with Crippen LogP contribution in [0, 0.1) is 0 Å². The van der Waals surface area contributed by atoms with Gasteiger partial charge in [0, 0.05) is 23.7 Å². The summed E-state index contributed by atoms with van der Waals surface area (Å²) in [6.45, 7) is 2.73. The van der Waals surface area contributed by atoms with Crippen LogP contribution in [-0.4, -0.2) is 28.9 Å². The molecule has 4 rings (SSSR count). The third kappa shape index (κ3) is 2.90. The Hall–Kier alpha value is -3.61. The van der Waals surface area contributed by atoms with E-state index in [-0.39, 0.29) is 11.3 Å².